The summed E-state index contributed by atoms with van der Waals surface area (Å²) >= 11 is 0.642. The van der Waals surface area contributed by atoms with Crippen LogP contribution in [0.2, 0.25) is 0 Å². The maximum atomic E-state index is 12.3. The lowest BCUT2D eigenvalue weighted by molar-refractivity contribution is -0.134. The first-order valence-corrected chi connectivity index (χ1v) is 5.24. The molecular formula is C11H7F3NS. The molecule has 0 amide bonds. The van der Waals surface area contributed by atoms with Crippen molar-refractivity contribution in [3.63, 3.8) is 0 Å². The van der Waals surface area contributed by atoms with Gasteiger partial charge in [-0.05, 0) is 12.5 Å². The van der Waals surface area contributed by atoms with Gasteiger partial charge in [-0.25, -0.2) is 4.98 Å². The number of hydrogen-bond donors (Lipinski definition) is 0. The van der Waals surface area contributed by atoms with E-state index in [1.165, 1.54) is 0 Å². The minimum Gasteiger partial charge on any atom is -0.244 e. The van der Waals surface area contributed by atoms with E-state index in [9.17, 15) is 13.2 Å². The zero-order valence-electron chi connectivity index (χ0n) is 8.08. The molecule has 1 radical (unpaired) electrons. The van der Waals surface area contributed by atoms with Crippen molar-refractivity contribution in [1.82, 2.24) is 4.98 Å². The van der Waals surface area contributed by atoms with Crippen molar-refractivity contribution < 1.29 is 13.2 Å². The number of aromatic nitrogens is 1. The van der Waals surface area contributed by atoms with Crippen molar-refractivity contribution in [2.24, 2.45) is 0 Å². The lowest BCUT2D eigenvalue weighted by Gasteiger charge is -2.00. The molecule has 0 bridgehead atoms. The summed E-state index contributed by atoms with van der Waals surface area (Å²) in [5.41, 5.74) is 1.49. The fourth-order valence-corrected chi connectivity index (χ4v) is 1.97. The molecule has 0 fully saturated rings. The summed E-state index contributed by atoms with van der Waals surface area (Å²) in [6, 6.07) is 6.90. The third-order valence-corrected chi connectivity index (χ3v) is 3.08. The Morgan fingerprint density at radius 1 is 1.12 bits per heavy atom. The van der Waals surface area contributed by atoms with E-state index in [1.807, 2.05) is 0 Å². The van der Waals surface area contributed by atoms with Crippen LogP contribution in [-0.4, -0.2) is 4.98 Å². The minimum absolute atomic E-state index is 0.368. The fourth-order valence-electron chi connectivity index (χ4n) is 1.19. The summed E-state index contributed by atoms with van der Waals surface area (Å²) in [7, 11) is 0. The average Bonchev–Trinajstić information content (AvgIpc) is 2.67. The van der Waals surface area contributed by atoms with Gasteiger partial charge < -0.3 is 0 Å². The first kappa shape index (κ1) is 11.1. The molecule has 1 aromatic carbocycles. The van der Waals surface area contributed by atoms with E-state index in [0.29, 0.717) is 21.9 Å². The largest absolute Gasteiger partial charge is 0.427 e. The molecule has 2 rings (SSSR count). The number of nitrogens with zero attached hydrogens (tertiary/aromatic N) is 1. The van der Waals surface area contributed by atoms with Gasteiger partial charge in [-0.1, -0.05) is 24.3 Å². The second-order valence-corrected chi connectivity index (χ2v) is 4.25. The number of hydrogen-bond acceptors (Lipinski definition) is 2. The Kier molecular flexibility index (Phi) is 2.71. The van der Waals surface area contributed by atoms with Crippen LogP contribution in [0.3, 0.4) is 0 Å². The maximum absolute atomic E-state index is 12.3. The lowest BCUT2D eigenvalue weighted by Crippen LogP contribution is -2.00. The molecule has 0 aliphatic carbocycles. The molecule has 2 aromatic rings. The third-order valence-electron chi connectivity index (χ3n) is 1.99. The highest BCUT2D eigenvalue weighted by atomic mass is 32.1. The van der Waals surface area contributed by atoms with E-state index in [-0.39, 0.29) is 0 Å². The molecule has 0 atom stereocenters. The first-order chi connectivity index (χ1) is 7.47. The SMILES string of the molecule is [CH2]c1ccc(-c2ncc(C(F)(F)F)s2)cc1. The summed E-state index contributed by atoms with van der Waals surface area (Å²) in [4.78, 5) is 3.08. The van der Waals surface area contributed by atoms with Crippen LogP contribution in [0.15, 0.2) is 30.5 Å². The minimum atomic E-state index is -4.32. The van der Waals surface area contributed by atoms with Gasteiger partial charge in [0, 0.05) is 5.56 Å². The van der Waals surface area contributed by atoms with Crippen LogP contribution in [0.4, 0.5) is 13.2 Å². The van der Waals surface area contributed by atoms with Gasteiger partial charge in [0.15, 0.2) is 0 Å². The second kappa shape index (κ2) is 3.90. The Hall–Kier alpha value is -1.36. The van der Waals surface area contributed by atoms with Crippen molar-refractivity contribution in [3.05, 3.63) is 47.8 Å². The van der Waals surface area contributed by atoms with Gasteiger partial charge in [-0.2, -0.15) is 13.2 Å². The van der Waals surface area contributed by atoms with E-state index in [1.54, 1.807) is 24.3 Å². The molecule has 83 valence electrons. The van der Waals surface area contributed by atoms with Gasteiger partial charge in [-0.3, -0.25) is 0 Å². The summed E-state index contributed by atoms with van der Waals surface area (Å²) in [5, 5.41) is 0.368. The van der Waals surface area contributed by atoms with E-state index in [4.69, 9.17) is 0 Å². The van der Waals surface area contributed by atoms with Crippen LogP contribution in [-0.2, 0) is 6.18 Å². The number of rotatable bonds is 1. The predicted molar refractivity (Wildman–Crippen MR) is 57.0 cm³/mol. The second-order valence-electron chi connectivity index (χ2n) is 3.22. The van der Waals surface area contributed by atoms with Crippen LogP contribution in [0.1, 0.15) is 10.4 Å². The molecule has 5 heteroatoms. The Balaban J connectivity index is 2.35. The molecule has 1 aromatic heterocycles. The molecule has 0 N–H and O–H groups in total. The van der Waals surface area contributed by atoms with Gasteiger partial charge in [-0.15, -0.1) is 11.3 Å². The Morgan fingerprint density at radius 2 is 1.75 bits per heavy atom. The molecule has 0 saturated carbocycles. The quantitative estimate of drug-likeness (QED) is 0.736. The van der Waals surface area contributed by atoms with Gasteiger partial charge in [0.2, 0.25) is 0 Å². The highest BCUT2D eigenvalue weighted by Crippen LogP contribution is 2.36. The summed E-state index contributed by atoms with van der Waals surface area (Å²) in [6.07, 6.45) is -3.46. The molecule has 16 heavy (non-hydrogen) atoms. The topological polar surface area (TPSA) is 12.9 Å². The maximum Gasteiger partial charge on any atom is 0.427 e. The molecular weight excluding hydrogens is 235 g/mol. The summed E-state index contributed by atoms with van der Waals surface area (Å²) in [5.74, 6) is 0. The number of alkyl halides is 3. The zero-order valence-corrected chi connectivity index (χ0v) is 8.90. The molecule has 0 spiro atoms. The van der Waals surface area contributed by atoms with Gasteiger partial charge in [0.1, 0.15) is 9.88 Å². The standard InChI is InChI=1S/C11H7F3NS/c1-7-2-4-8(5-3-7)10-15-6-9(16-10)11(12,13)14/h2-6H,1H2. The van der Waals surface area contributed by atoms with E-state index in [2.05, 4.69) is 11.9 Å². The van der Waals surface area contributed by atoms with E-state index >= 15 is 0 Å². The summed E-state index contributed by atoms with van der Waals surface area (Å²) < 4.78 is 37.0. The van der Waals surface area contributed by atoms with Crippen molar-refractivity contribution in [1.29, 1.82) is 0 Å². The van der Waals surface area contributed by atoms with Crippen LogP contribution >= 0.6 is 11.3 Å². The smallest absolute Gasteiger partial charge is 0.244 e. The van der Waals surface area contributed by atoms with Crippen molar-refractivity contribution in [3.8, 4) is 10.6 Å². The van der Waals surface area contributed by atoms with Gasteiger partial charge in [0.05, 0.1) is 6.20 Å². The van der Waals surface area contributed by atoms with Crippen molar-refractivity contribution in [2.75, 3.05) is 0 Å². The number of thiazole rings is 1. The van der Waals surface area contributed by atoms with Crippen LogP contribution < -0.4 is 0 Å². The number of benzene rings is 1. The normalized spacial score (nSPS) is 11.8. The predicted octanol–water partition coefficient (Wildman–Crippen LogP) is 4.01. The molecule has 1 nitrogen and oxygen atoms in total. The highest BCUT2D eigenvalue weighted by molar-refractivity contribution is 7.15. The van der Waals surface area contributed by atoms with Crippen LogP contribution in [0, 0.1) is 6.92 Å². The van der Waals surface area contributed by atoms with Crippen LogP contribution in [0.25, 0.3) is 10.6 Å². The average molecular weight is 242 g/mol. The monoisotopic (exact) mass is 242 g/mol. The van der Waals surface area contributed by atoms with Crippen LogP contribution in [0.5, 0.6) is 0 Å². The summed E-state index contributed by atoms with van der Waals surface area (Å²) in [6.45, 7) is 3.70. The Labute approximate surface area is 94.6 Å². The van der Waals surface area contributed by atoms with E-state index < -0.39 is 11.1 Å². The highest BCUT2D eigenvalue weighted by Gasteiger charge is 2.33. The molecule has 0 unspecified atom stereocenters. The fraction of sp³-hybridized carbons (Fsp3) is 0.0909. The number of halogens is 3. The Morgan fingerprint density at radius 3 is 2.25 bits per heavy atom. The van der Waals surface area contributed by atoms with Crippen molar-refractivity contribution in [2.45, 2.75) is 6.18 Å². The molecule has 0 saturated heterocycles. The zero-order chi connectivity index (χ0) is 11.8. The Bertz CT molecular complexity index is 485. The molecule has 1 heterocycles. The third kappa shape index (κ3) is 2.24. The van der Waals surface area contributed by atoms with Gasteiger partial charge >= 0.3 is 6.18 Å². The molecule has 0 aliphatic rings. The van der Waals surface area contributed by atoms with Gasteiger partial charge in [0.25, 0.3) is 0 Å². The van der Waals surface area contributed by atoms with Crippen molar-refractivity contribution >= 4 is 11.3 Å². The first-order valence-electron chi connectivity index (χ1n) is 4.42. The lowest BCUT2D eigenvalue weighted by atomic mass is 10.2. The van der Waals surface area contributed by atoms with E-state index in [0.717, 1.165) is 11.8 Å². The molecule has 0 aliphatic heterocycles.